The Balaban J connectivity index is 0.00000676. The summed E-state index contributed by atoms with van der Waals surface area (Å²) in [6, 6.07) is 5.75. The van der Waals surface area contributed by atoms with Gasteiger partial charge in [-0.15, -0.1) is 24.0 Å². The first kappa shape index (κ1) is 25.3. The highest BCUT2D eigenvalue weighted by Crippen LogP contribution is 2.25. The number of aliphatic imine (C=N–C) groups is 1. The lowest BCUT2D eigenvalue weighted by atomic mass is 9.93. The molecular weight excluding hydrogens is 459 g/mol. The SMILES string of the molecule is CCNC(=NCC(C)(C)C(=O)NC)N(C)Cc1ccc(OC)cc1OC.I. The Morgan fingerprint density at radius 3 is 2.44 bits per heavy atom. The molecular formula is C19H33IN4O3. The predicted molar refractivity (Wildman–Crippen MR) is 120 cm³/mol. The summed E-state index contributed by atoms with van der Waals surface area (Å²) in [5, 5.41) is 5.96. The Bertz CT molecular complexity index is 635. The van der Waals surface area contributed by atoms with Crippen LogP contribution < -0.4 is 20.1 Å². The molecule has 0 radical (unpaired) electrons. The lowest BCUT2D eigenvalue weighted by Gasteiger charge is -2.25. The van der Waals surface area contributed by atoms with Gasteiger partial charge < -0.3 is 25.0 Å². The highest BCUT2D eigenvalue weighted by Gasteiger charge is 2.26. The minimum absolute atomic E-state index is 0. The maximum absolute atomic E-state index is 12.0. The van der Waals surface area contributed by atoms with E-state index >= 15 is 0 Å². The molecule has 1 rings (SSSR count). The standard InChI is InChI=1S/C19H32N4O3.HI/c1-8-21-18(22-13-19(2,3)17(24)20-4)23(5)12-14-9-10-15(25-6)11-16(14)26-7;/h9-11H,8,12-13H2,1-7H3,(H,20,24)(H,21,22);1H. The average molecular weight is 492 g/mol. The van der Waals surface area contributed by atoms with Gasteiger partial charge in [-0.3, -0.25) is 9.79 Å². The number of amides is 1. The normalized spacial score (nSPS) is 11.3. The number of ether oxygens (including phenoxy) is 2. The van der Waals surface area contributed by atoms with Crippen LogP contribution >= 0.6 is 24.0 Å². The molecule has 154 valence electrons. The van der Waals surface area contributed by atoms with E-state index in [0.717, 1.165) is 29.6 Å². The van der Waals surface area contributed by atoms with E-state index in [9.17, 15) is 4.79 Å². The molecule has 1 aromatic rings. The number of benzene rings is 1. The Morgan fingerprint density at radius 2 is 1.93 bits per heavy atom. The van der Waals surface area contributed by atoms with Crippen LogP contribution in [0.5, 0.6) is 11.5 Å². The molecule has 0 spiro atoms. The van der Waals surface area contributed by atoms with E-state index < -0.39 is 5.41 Å². The average Bonchev–Trinajstić information content (AvgIpc) is 2.64. The molecule has 0 atom stereocenters. The van der Waals surface area contributed by atoms with Gasteiger partial charge in [0.2, 0.25) is 5.91 Å². The van der Waals surface area contributed by atoms with Gasteiger partial charge in [0.1, 0.15) is 11.5 Å². The maximum Gasteiger partial charge on any atom is 0.227 e. The van der Waals surface area contributed by atoms with Crippen LogP contribution in [-0.2, 0) is 11.3 Å². The van der Waals surface area contributed by atoms with Crippen molar-refractivity contribution in [2.75, 3.05) is 41.4 Å². The van der Waals surface area contributed by atoms with Crippen molar-refractivity contribution >= 4 is 35.8 Å². The third-order valence-electron chi connectivity index (χ3n) is 4.06. The largest absolute Gasteiger partial charge is 0.497 e. The molecule has 1 amide bonds. The molecule has 0 aliphatic carbocycles. The van der Waals surface area contributed by atoms with Gasteiger partial charge >= 0.3 is 0 Å². The van der Waals surface area contributed by atoms with Crippen molar-refractivity contribution in [1.29, 1.82) is 0 Å². The summed E-state index contributed by atoms with van der Waals surface area (Å²) in [7, 11) is 6.87. The summed E-state index contributed by atoms with van der Waals surface area (Å²) < 4.78 is 10.7. The number of hydrogen-bond donors (Lipinski definition) is 2. The van der Waals surface area contributed by atoms with Crippen molar-refractivity contribution in [3.63, 3.8) is 0 Å². The summed E-state index contributed by atoms with van der Waals surface area (Å²) in [5.74, 6) is 2.22. The molecule has 2 N–H and O–H groups in total. The van der Waals surface area contributed by atoms with Crippen LogP contribution in [0.15, 0.2) is 23.2 Å². The number of carbonyl (C=O) groups excluding carboxylic acids is 1. The summed E-state index contributed by atoms with van der Waals surface area (Å²) in [4.78, 5) is 18.6. The fourth-order valence-corrected chi connectivity index (χ4v) is 2.47. The van der Waals surface area contributed by atoms with Gasteiger partial charge in [0.15, 0.2) is 5.96 Å². The molecule has 0 aromatic heterocycles. The van der Waals surface area contributed by atoms with Gasteiger partial charge in [-0.25, -0.2) is 0 Å². The first-order valence-electron chi connectivity index (χ1n) is 8.71. The van der Waals surface area contributed by atoms with E-state index in [1.807, 2.05) is 50.9 Å². The second-order valence-corrected chi connectivity index (χ2v) is 6.67. The van der Waals surface area contributed by atoms with Crippen LogP contribution in [0.25, 0.3) is 0 Å². The first-order chi connectivity index (χ1) is 12.3. The number of nitrogens with one attached hydrogen (secondary N) is 2. The third-order valence-corrected chi connectivity index (χ3v) is 4.06. The second kappa shape index (κ2) is 11.9. The van der Waals surface area contributed by atoms with Gasteiger partial charge in [-0.2, -0.15) is 0 Å². The molecule has 7 nitrogen and oxygen atoms in total. The summed E-state index contributed by atoms with van der Waals surface area (Å²) >= 11 is 0. The number of hydrogen-bond acceptors (Lipinski definition) is 4. The minimum atomic E-state index is -0.575. The second-order valence-electron chi connectivity index (χ2n) is 6.67. The molecule has 0 bridgehead atoms. The quantitative estimate of drug-likeness (QED) is 0.332. The number of methoxy groups -OCH3 is 2. The lowest BCUT2D eigenvalue weighted by molar-refractivity contribution is -0.128. The fraction of sp³-hybridized carbons (Fsp3) is 0.579. The van der Waals surface area contributed by atoms with Crippen LogP contribution in [-0.4, -0.2) is 58.2 Å². The summed E-state index contributed by atoms with van der Waals surface area (Å²) in [6.45, 7) is 7.51. The van der Waals surface area contributed by atoms with Gasteiger partial charge in [-0.05, 0) is 32.9 Å². The predicted octanol–water partition coefficient (Wildman–Crippen LogP) is 2.49. The van der Waals surface area contributed by atoms with E-state index in [4.69, 9.17) is 9.47 Å². The number of halogens is 1. The van der Waals surface area contributed by atoms with E-state index in [1.165, 1.54) is 0 Å². The van der Waals surface area contributed by atoms with Crippen molar-refractivity contribution in [2.24, 2.45) is 10.4 Å². The van der Waals surface area contributed by atoms with Crippen LogP contribution in [0, 0.1) is 5.41 Å². The zero-order chi connectivity index (χ0) is 19.7. The molecule has 0 aliphatic rings. The molecule has 8 heteroatoms. The monoisotopic (exact) mass is 492 g/mol. The zero-order valence-corrected chi connectivity index (χ0v) is 19.7. The minimum Gasteiger partial charge on any atom is -0.497 e. The third kappa shape index (κ3) is 7.43. The van der Waals surface area contributed by atoms with E-state index in [1.54, 1.807) is 21.3 Å². The van der Waals surface area contributed by atoms with E-state index in [-0.39, 0.29) is 29.9 Å². The molecule has 0 heterocycles. The number of nitrogens with zero attached hydrogens (tertiary/aromatic N) is 2. The molecule has 0 unspecified atom stereocenters. The molecule has 0 saturated carbocycles. The van der Waals surface area contributed by atoms with Crippen molar-refractivity contribution < 1.29 is 14.3 Å². The smallest absolute Gasteiger partial charge is 0.227 e. The Labute approximate surface area is 179 Å². The highest BCUT2D eigenvalue weighted by atomic mass is 127. The van der Waals surface area contributed by atoms with E-state index in [2.05, 4.69) is 15.6 Å². The van der Waals surface area contributed by atoms with Crippen molar-refractivity contribution in [3.05, 3.63) is 23.8 Å². The molecule has 0 saturated heterocycles. The molecule has 1 aromatic carbocycles. The van der Waals surface area contributed by atoms with Crippen molar-refractivity contribution in [1.82, 2.24) is 15.5 Å². The Morgan fingerprint density at radius 1 is 1.26 bits per heavy atom. The van der Waals surface area contributed by atoms with Gasteiger partial charge in [-0.1, -0.05) is 0 Å². The number of rotatable bonds is 8. The first-order valence-corrected chi connectivity index (χ1v) is 8.71. The Hall–Kier alpha value is -1.71. The van der Waals surface area contributed by atoms with Gasteiger partial charge in [0.25, 0.3) is 0 Å². The Kier molecular flexibility index (Phi) is 11.1. The van der Waals surface area contributed by atoms with Gasteiger partial charge in [0.05, 0.1) is 26.2 Å². The topological polar surface area (TPSA) is 75.2 Å². The molecule has 27 heavy (non-hydrogen) atoms. The summed E-state index contributed by atoms with van der Waals surface area (Å²) in [5.41, 5.74) is 0.445. The van der Waals surface area contributed by atoms with Crippen LogP contribution in [0.3, 0.4) is 0 Å². The zero-order valence-electron chi connectivity index (χ0n) is 17.4. The van der Waals surface area contributed by atoms with Crippen molar-refractivity contribution in [3.8, 4) is 11.5 Å². The molecule has 0 fully saturated rings. The summed E-state index contributed by atoms with van der Waals surface area (Å²) in [6.07, 6.45) is 0. The van der Waals surface area contributed by atoms with Crippen LogP contribution in [0.4, 0.5) is 0 Å². The lowest BCUT2D eigenvalue weighted by Crippen LogP contribution is -2.41. The maximum atomic E-state index is 12.0. The van der Waals surface area contributed by atoms with Crippen LogP contribution in [0.2, 0.25) is 0 Å². The van der Waals surface area contributed by atoms with Crippen LogP contribution in [0.1, 0.15) is 26.3 Å². The fourth-order valence-electron chi connectivity index (χ4n) is 2.47. The van der Waals surface area contributed by atoms with Crippen molar-refractivity contribution in [2.45, 2.75) is 27.3 Å². The molecule has 0 aliphatic heterocycles. The number of carbonyl (C=O) groups is 1. The van der Waals surface area contributed by atoms with Gasteiger partial charge in [0, 0.05) is 38.8 Å². The number of guanidine groups is 1. The highest BCUT2D eigenvalue weighted by molar-refractivity contribution is 14.0. The van der Waals surface area contributed by atoms with E-state index in [0.29, 0.717) is 13.1 Å².